The molecule has 0 aromatic carbocycles. The summed E-state index contributed by atoms with van der Waals surface area (Å²) in [7, 11) is -3.01. The molecule has 1 atom stereocenters. The molecule has 20 heavy (non-hydrogen) atoms. The lowest BCUT2D eigenvalue weighted by Gasteiger charge is -2.23. The van der Waals surface area contributed by atoms with Crippen molar-refractivity contribution < 1.29 is 13.6 Å². The van der Waals surface area contributed by atoms with E-state index < -0.39 is 7.60 Å². The summed E-state index contributed by atoms with van der Waals surface area (Å²) >= 11 is 0. The van der Waals surface area contributed by atoms with Crippen LogP contribution in [-0.2, 0) is 13.6 Å². The largest absolute Gasteiger partial charge is 0.337 e. The number of rotatable bonds is 14. The Balaban J connectivity index is 4.05. The summed E-state index contributed by atoms with van der Waals surface area (Å²) in [6, 6.07) is 0. The smallest absolute Gasteiger partial charge is 0.308 e. The zero-order chi connectivity index (χ0) is 15.3. The van der Waals surface area contributed by atoms with Gasteiger partial charge in [-0.1, -0.05) is 57.9 Å². The summed E-state index contributed by atoms with van der Waals surface area (Å²) in [5, 5.41) is 0. The molecule has 0 heterocycles. The van der Waals surface area contributed by atoms with Gasteiger partial charge in [0.1, 0.15) is 0 Å². The van der Waals surface area contributed by atoms with Crippen LogP contribution in [0.4, 0.5) is 0 Å². The molecule has 120 valence electrons. The van der Waals surface area contributed by atoms with E-state index in [-0.39, 0.29) is 5.66 Å². The molecule has 0 fully saturated rings. The molecule has 0 amide bonds. The van der Waals surface area contributed by atoms with E-state index in [1.165, 1.54) is 38.5 Å². The lowest BCUT2D eigenvalue weighted by molar-refractivity contribution is 0.214. The van der Waals surface area contributed by atoms with E-state index in [0.29, 0.717) is 13.2 Å². The maximum atomic E-state index is 12.6. The summed E-state index contributed by atoms with van der Waals surface area (Å²) in [5.41, 5.74) is -0.168. The predicted octanol–water partition coefficient (Wildman–Crippen LogP) is 5.95. The summed E-state index contributed by atoms with van der Waals surface area (Å²) in [4.78, 5) is 0. The average Bonchev–Trinajstić information content (AvgIpc) is 2.42. The van der Waals surface area contributed by atoms with E-state index in [0.717, 1.165) is 12.8 Å². The second-order valence-corrected chi connectivity index (χ2v) is 7.35. The van der Waals surface area contributed by atoms with Gasteiger partial charge in [-0.2, -0.15) is 0 Å². The fourth-order valence-corrected chi connectivity index (χ4v) is 4.24. The van der Waals surface area contributed by atoms with Crippen LogP contribution in [0.2, 0.25) is 0 Å². The topological polar surface area (TPSA) is 35.5 Å². The number of hydrogen-bond donors (Lipinski definition) is 0. The second kappa shape index (κ2) is 12.6. The number of allylic oxidation sites excluding steroid dienone is 1. The summed E-state index contributed by atoms with van der Waals surface area (Å²) < 4.78 is 23.4. The van der Waals surface area contributed by atoms with E-state index in [1.54, 1.807) is 6.08 Å². The second-order valence-electron chi connectivity index (χ2n) is 5.09. The van der Waals surface area contributed by atoms with Gasteiger partial charge in [0.05, 0.1) is 18.9 Å². The monoisotopic (exact) mass is 304 g/mol. The SMILES string of the molecule is C=CC(CCCCCCCCC)P(=O)(OCC)OCC. The molecule has 0 aliphatic carbocycles. The third-order valence-corrected chi connectivity index (χ3v) is 5.92. The first-order chi connectivity index (χ1) is 9.64. The Kier molecular flexibility index (Phi) is 12.5. The zero-order valence-electron chi connectivity index (χ0n) is 13.6. The van der Waals surface area contributed by atoms with E-state index in [4.69, 9.17) is 9.05 Å². The minimum atomic E-state index is -3.01. The van der Waals surface area contributed by atoms with Gasteiger partial charge in [-0.25, -0.2) is 0 Å². The Morgan fingerprint density at radius 1 is 0.950 bits per heavy atom. The van der Waals surface area contributed by atoms with Crippen LogP contribution < -0.4 is 0 Å². The molecule has 0 aromatic rings. The number of unbranched alkanes of at least 4 members (excludes halogenated alkanes) is 6. The fraction of sp³-hybridized carbons (Fsp3) is 0.875. The van der Waals surface area contributed by atoms with Crippen molar-refractivity contribution in [3.8, 4) is 0 Å². The summed E-state index contributed by atoms with van der Waals surface area (Å²) in [6.07, 6.45) is 11.3. The lowest BCUT2D eigenvalue weighted by Crippen LogP contribution is -2.11. The maximum absolute atomic E-state index is 12.6. The standard InChI is InChI=1S/C16H33O3P/c1-5-9-10-11-12-13-14-15-16(6-2)20(17,18-7-3)19-8-4/h6,16H,2,5,7-15H2,1,3-4H3. The van der Waals surface area contributed by atoms with Crippen molar-refractivity contribution in [2.75, 3.05) is 13.2 Å². The van der Waals surface area contributed by atoms with E-state index >= 15 is 0 Å². The van der Waals surface area contributed by atoms with Gasteiger partial charge in [0.2, 0.25) is 0 Å². The molecule has 0 aliphatic rings. The maximum Gasteiger partial charge on any atom is 0.337 e. The van der Waals surface area contributed by atoms with Crippen molar-refractivity contribution in [3.05, 3.63) is 12.7 Å². The van der Waals surface area contributed by atoms with Crippen molar-refractivity contribution in [3.63, 3.8) is 0 Å². The molecular formula is C16H33O3P. The molecule has 0 spiro atoms. The van der Waals surface area contributed by atoms with Crippen LogP contribution >= 0.6 is 7.60 Å². The molecule has 0 radical (unpaired) electrons. The van der Waals surface area contributed by atoms with E-state index in [9.17, 15) is 4.57 Å². The number of hydrogen-bond acceptors (Lipinski definition) is 3. The van der Waals surface area contributed by atoms with Crippen LogP contribution in [0, 0.1) is 0 Å². The Morgan fingerprint density at radius 3 is 1.90 bits per heavy atom. The van der Waals surface area contributed by atoms with Gasteiger partial charge in [0.25, 0.3) is 0 Å². The van der Waals surface area contributed by atoms with Crippen molar-refractivity contribution >= 4 is 7.60 Å². The van der Waals surface area contributed by atoms with Gasteiger partial charge in [-0.15, -0.1) is 6.58 Å². The van der Waals surface area contributed by atoms with Crippen LogP contribution in [0.1, 0.15) is 72.1 Å². The molecule has 1 unspecified atom stereocenters. The first-order valence-electron chi connectivity index (χ1n) is 8.15. The molecule has 0 saturated heterocycles. The molecule has 3 nitrogen and oxygen atoms in total. The zero-order valence-corrected chi connectivity index (χ0v) is 14.5. The van der Waals surface area contributed by atoms with Crippen LogP contribution in [0.25, 0.3) is 0 Å². The quantitative estimate of drug-likeness (QED) is 0.226. The van der Waals surface area contributed by atoms with Gasteiger partial charge < -0.3 is 9.05 Å². The Labute approximate surface area is 125 Å². The van der Waals surface area contributed by atoms with Gasteiger partial charge in [-0.05, 0) is 20.3 Å². The summed E-state index contributed by atoms with van der Waals surface area (Å²) in [6.45, 7) is 10.6. The minimum absolute atomic E-state index is 0.168. The third-order valence-electron chi connectivity index (χ3n) is 3.40. The van der Waals surface area contributed by atoms with Crippen LogP contribution in [-0.4, -0.2) is 18.9 Å². The van der Waals surface area contributed by atoms with E-state index in [1.807, 2.05) is 13.8 Å². The van der Waals surface area contributed by atoms with Crippen molar-refractivity contribution in [2.45, 2.75) is 77.8 Å². The van der Waals surface area contributed by atoms with Gasteiger partial charge >= 0.3 is 7.60 Å². The summed E-state index contributed by atoms with van der Waals surface area (Å²) in [5.74, 6) is 0. The average molecular weight is 304 g/mol. The fourth-order valence-electron chi connectivity index (χ4n) is 2.30. The van der Waals surface area contributed by atoms with Gasteiger partial charge in [0, 0.05) is 0 Å². The van der Waals surface area contributed by atoms with Crippen LogP contribution in [0.5, 0.6) is 0 Å². The Bertz CT molecular complexity index is 269. The molecule has 0 N–H and O–H groups in total. The normalized spacial score (nSPS) is 13.3. The highest BCUT2D eigenvalue weighted by molar-refractivity contribution is 7.54. The molecule has 4 heteroatoms. The first-order valence-corrected chi connectivity index (χ1v) is 9.77. The van der Waals surface area contributed by atoms with Crippen LogP contribution in [0.3, 0.4) is 0 Å². The highest BCUT2D eigenvalue weighted by Gasteiger charge is 2.32. The predicted molar refractivity (Wildman–Crippen MR) is 87.5 cm³/mol. The molecule has 0 rings (SSSR count). The Hall–Kier alpha value is -0.110. The molecule has 0 bridgehead atoms. The van der Waals surface area contributed by atoms with Gasteiger partial charge in [-0.3, -0.25) is 4.57 Å². The van der Waals surface area contributed by atoms with Crippen molar-refractivity contribution in [1.82, 2.24) is 0 Å². The van der Waals surface area contributed by atoms with Crippen molar-refractivity contribution in [2.24, 2.45) is 0 Å². The minimum Gasteiger partial charge on any atom is -0.308 e. The first kappa shape index (κ1) is 19.9. The Morgan fingerprint density at radius 2 is 1.45 bits per heavy atom. The van der Waals surface area contributed by atoms with Crippen molar-refractivity contribution in [1.29, 1.82) is 0 Å². The molecule has 0 saturated carbocycles. The van der Waals surface area contributed by atoms with Crippen LogP contribution in [0.15, 0.2) is 12.7 Å². The lowest BCUT2D eigenvalue weighted by atomic mass is 10.1. The highest BCUT2D eigenvalue weighted by atomic mass is 31.2. The molecular weight excluding hydrogens is 271 g/mol. The van der Waals surface area contributed by atoms with E-state index in [2.05, 4.69) is 13.5 Å². The molecule has 0 aromatic heterocycles. The molecule has 0 aliphatic heterocycles. The highest BCUT2D eigenvalue weighted by Crippen LogP contribution is 2.55. The third kappa shape index (κ3) is 8.24. The van der Waals surface area contributed by atoms with Gasteiger partial charge in [0.15, 0.2) is 0 Å².